The fraction of sp³-hybridized carbons (Fsp3) is 0.545. The Balaban J connectivity index is 1.41. The molecule has 2 aromatic rings. The maximum absolute atomic E-state index is 13.3. The van der Waals surface area contributed by atoms with Crippen molar-refractivity contribution in [2.24, 2.45) is 23.2 Å². The molecule has 0 radical (unpaired) electrons. The van der Waals surface area contributed by atoms with Gasteiger partial charge in [-0.15, -0.1) is 0 Å². The molecule has 4 aliphatic carbocycles. The van der Waals surface area contributed by atoms with Gasteiger partial charge in [0.25, 0.3) is 0 Å². The number of ether oxygens (including phenoxy) is 2. The lowest BCUT2D eigenvalue weighted by Gasteiger charge is -2.55. The van der Waals surface area contributed by atoms with E-state index in [0.29, 0.717) is 17.4 Å². The molecule has 0 saturated heterocycles. The summed E-state index contributed by atoms with van der Waals surface area (Å²) in [6.45, 7) is 0. The molecule has 4 bridgehead atoms. The molecule has 28 heavy (non-hydrogen) atoms. The maximum Gasteiger partial charge on any atom is 0.239 e. The van der Waals surface area contributed by atoms with Crippen molar-refractivity contribution in [2.45, 2.75) is 38.5 Å². The van der Waals surface area contributed by atoms with Crippen LogP contribution in [0, 0.1) is 23.2 Å². The zero-order valence-electron chi connectivity index (χ0n) is 16.4. The number of hydrogen-bond donors (Lipinski definition) is 1. The average molecular weight is 382 g/mol. The molecule has 1 N–H and O–H groups in total. The van der Waals surface area contributed by atoms with Gasteiger partial charge in [-0.25, -0.2) is 0 Å². The van der Waals surface area contributed by atoms with E-state index < -0.39 is 0 Å². The number of methoxy groups -OCH3 is 2. The monoisotopic (exact) mass is 382 g/mol. The SMILES string of the molecule is COc1ccc(-c2cnoc2NC(=O)C23CC4CC(CC(C4)C2)C3)cc1OC. The molecule has 0 unspecified atom stereocenters. The molecule has 6 nitrogen and oxygen atoms in total. The van der Waals surface area contributed by atoms with E-state index in [1.54, 1.807) is 20.4 Å². The van der Waals surface area contributed by atoms with E-state index in [9.17, 15) is 4.79 Å². The second-order valence-electron chi connectivity index (χ2n) is 8.79. The highest BCUT2D eigenvalue weighted by molar-refractivity contribution is 5.97. The molecule has 0 atom stereocenters. The number of anilines is 1. The van der Waals surface area contributed by atoms with Gasteiger partial charge in [0.2, 0.25) is 11.8 Å². The van der Waals surface area contributed by atoms with Gasteiger partial charge >= 0.3 is 0 Å². The third-order valence-corrected chi connectivity index (χ3v) is 7.01. The van der Waals surface area contributed by atoms with Crippen molar-refractivity contribution in [3.8, 4) is 22.6 Å². The van der Waals surface area contributed by atoms with Crippen molar-refractivity contribution in [1.82, 2.24) is 5.16 Å². The molecule has 1 heterocycles. The molecule has 1 aromatic carbocycles. The second-order valence-corrected chi connectivity index (χ2v) is 8.79. The molecule has 6 heteroatoms. The summed E-state index contributed by atoms with van der Waals surface area (Å²) < 4.78 is 16.1. The van der Waals surface area contributed by atoms with Crippen molar-refractivity contribution in [3.63, 3.8) is 0 Å². The van der Waals surface area contributed by atoms with Gasteiger partial charge < -0.3 is 14.0 Å². The summed E-state index contributed by atoms with van der Waals surface area (Å²) in [5.74, 6) is 3.95. The predicted molar refractivity (Wildman–Crippen MR) is 104 cm³/mol. The van der Waals surface area contributed by atoms with Gasteiger partial charge in [-0.2, -0.15) is 0 Å². The molecule has 148 valence electrons. The number of nitrogens with zero attached hydrogens (tertiary/aromatic N) is 1. The Morgan fingerprint density at radius 3 is 2.32 bits per heavy atom. The first-order valence-electron chi connectivity index (χ1n) is 10.1. The van der Waals surface area contributed by atoms with Gasteiger partial charge in [0, 0.05) is 0 Å². The first-order chi connectivity index (χ1) is 13.6. The molecular weight excluding hydrogens is 356 g/mol. The highest BCUT2D eigenvalue weighted by Crippen LogP contribution is 2.60. The molecule has 4 saturated carbocycles. The summed E-state index contributed by atoms with van der Waals surface area (Å²) in [4.78, 5) is 13.3. The smallest absolute Gasteiger partial charge is 0.239 e. The average Bonchev–Trinajstić information content (AvgIpc) is 3.14. The van der Waals surface area contributed by atoms with E-state index in [1.807, 2.05) is 18.2 Å². The molecule has 4 fully saturated rings. The van der Waals surface area contributed by atoms with Crippen LogP contribution in [0.2, 0.25) is 0 Å². The largest absolute Gasteiger partial charge is 0.493 e. The number of hydrogen-bond acceptors (Lipinski definition) is 5. The molecule has 4 aliphatic rings. The lowest BCUT2D eigenvalue weighted by molar-refractivity contribution is -0.140. The van der Waals surface area contributed by atoms with Crippen LogP contribution in [0.25, 0.3) is 11.1 Å². The number of carbonyl (C=O) groups is 1. The van der Waals surface area contributed by atoms with E-state index in [4.69, 9.17) is 14.0 Å². The lowest BCUT2D eigenvalue weighted by Crippen LogP contribution is -2.51. The number of carbonyl (C=O) groups excluding carboxylic acids is 1. The van der Waals surface area contributed by atoms with Crippen LogP contribution in [-0.2, 0) is 4.79 Å². The topological polar surface area (TPSA) is 73.6 Å². The molecule has 1 amide bonds. The Labute approximate surface area is 164 Å². The zero-order chi connectivity index (χ0) is 19.3. The molecule has 6 rings (SSSR count). The standard InChI is InChI=1S/C22H26N2O4/c1-26-18-4-3-16(8-19(18)27-2)17-12-23-28-20(17)24-21(25)22-9-13-5-14(10-22)7-15(6-13)11-22/h3-4,8,12-15H,5-7,9-11H2,1-2H3,(H,24,25). The number of benzene rings is 1. The highest BCUT2D eigenvalue weighted by Gasteiger charge is 2.54. The van der Waals surface area contributed by atoms with Crippen LogP contribution in [0.4, 0.5) is 5.88 Å². The Morgan fingerprint density at radius 2 is 1.71 bits per heavy atom. The number of nitrogens with one attached hydrogen (secondary N) is 1. The second kappa shape index (κ2) is 6.54. The molecular formula is C22H26N2O4. The van der Waals surface area contributed by atoms with Crippen LogP contribution in [0.15, 0.2) is 28.9 Å². The van der Waals surface area contributed by atoms with Crippen molar-refractivity contribution in [3.05, 3.63) is 24.4 Å². The summed E-state index contributed by atoms with van der Waals surface area (Å²) >= 11 is 0. The quantitative estimate of drug-likeness (QED) is 0.823. The van der Waals surface area contributed by atoms with E-state index in [-0.39, 0.29) is 11.3 Å². The molecule has 1 aromatic heterocycles. The first kappa shape index (κ1) is 17.6. The summed E-state index contributed by atoms with van der Waals surface area (Å²) in [5, 5.41) is 7.01. The summed E-state index contributed by atoms with van der Waals surface area (Å²) in [6.07, 6.45) is 8.62. The summed E-state index contributed by atoms with van der Waals surface area (Å²) in [7, 11) is 3.21. The van der Waals surface area contributed by atoms with Gasteiger partial charge in [-0.1, -0.05) is 11.2 Å². The Bertz CT molecular complexity index is 868. The summed E-state index contributed by atoms with van der Waals surface area (Å²) in [5.41, 5.74) is 1.38. The van der Waals surface area contributed by atoms with Crippen LogP contribution >= 0.6 is 0 Å². The number of aromatic nitrogens is 1. The fourth-order valence-electron chi connectivity index (χ4n) is 6.16. The van der Waals surface area contributed by atoms with Crippen molar-refractivity contribution in [1.29, 1.82) is 0 Å². The van der Waals surface area contributed by atoms with Crippen LogP contribution in [0.5, 0.6) is 11.5 Å². The van der Waals surface area contributed by atoms with Gasteiger partial charge in [-0.05, 0) is 74.0 Å². The zero-order valence-corrected chi connectivity index (χ0v) is 16.4. The minimum atomic E-state index is -0.226. The van der Waals surface area contributed by atoms with Gasteiger partial charge in [0.1, 0.15) is 0 Å². The Morgan fingerprint density at radius 1 is 1.07 bits per heavy atom. The van der Waals surface area contributed by atoms with Crippen molar-refractivity contribution in [2.75, 3.05) is 19.5 Å². The number of amides is 1. The Kier molecular flexibility index (Phi) is 4.11. The first-order valence-corrected chi connectivity index (χ1v) is 10.1. The van der Waals surface area contributed by atoms with E-state index in [2.05, 4.69) is 10.5 Å². The van der Waals surface area contributed by atoms with E-state index in [1.165, 1.54) is 19.3 Å². The van der Waals surface area contributed by atoms with Crippen molar-refractivity contribution >= 4 is 11.8 Å². The highest BCUT2D eigenvalue weighted by atomic mass is 16.5. The third kappa shape index (κ3) is 2.77. The van der Waals surface area contributed by atoms with Gasteiger partial charge in [0.15, 0.2) is 11.5 Å². The minimum Gasteiger partial charge on any atom is -0.493 e. The minimum absolute atomic E-state index is 0.102. The molecule has 0 spiro atoms. The van der Waals surface area contributed by atoms with Gasteiger partial charge in [-0.3, -0.25) is 10.1 Å². The number of rotatable bonds is 5. The maximum atomic E-state index is 13.3. The van der Waals surface area contributed by atoms with E-state index in [0.717, 1.165) is 48.1 Å². The van der Waals surface area contributed by atoms with Crippen molar-refractivity contribution < 1.29 is 18.8 Å². The van der Waals surface area contributed by atoms with Gasteiger partial charge in [0.05, 0.1) is 31.4 Å². The molecule has 0 aliphatic heterocycles. The fourth-order valence-corrected chi connectivity index (χ4v) is 6.16. The normalized spacial score (nSPS) is 30.3. The van der Waals surface area contributed by atoms with Crippen LogP contribution in [-0.4, -0.2) is 25.3 Å². The van der Waals surface area contributed by atoms with E-state index >= 15 is 0 Å². The third-order valence-electron chi connectivity index (χ3n) is 7.01. The van der Waals surface area contributed by atoms with Crippen LogP contribution in [0.1, 0.15) is 38.5 Å². The predicted octanol–water partition coefficient (Wildman–Crippen LogP) is 4.51. The lowest BCUT2D eigenvalue weighted by atomic mass is 9.49. The summed E-state index contributed by atoms with van der Waals surface area (Å²) in [6, 6.07) is 5.62. The van der Waals surface area contributed by atoms with Crippen LogP contribution < -0.4 is 14.8 Å². The Hall–Kier alpha value is -2.50. The van der Waals surface area contributed by atoms with Crippen LogP contribution in [0.3, 0.4) is 0 Å².